The fourth-order valence-electron chi connectivity index (χ4n) is 2.18. The topological polar surface area (TPSA) is 38.9 Å². The summed E-state index contributed by atoms with van der Waals surface area (Å²) in [7, 11) is 0. The first kappa shape index (κ1) is 11.2. The van der Waals surface area contributed by atoms with Crippen LogP contribution in [0.25, 0.3) is 11.1 Å². The second-order valence-corrected chi connectivity index (χ2v) is 4.78. The van der Waals surface area contributed by atoms with Gasteiger partial charge in [0.05, 0.1) is 0 Å². The zero-order chi connectivity index (χ0) is 12.4. The number of hydrogen-bond donors (Lipinski definition) is 0. The van der Waals surface area contributed by atoms with Crippen molar-refractivity contribution in [1.29, 1.82) is 0 Å². The van der Waals surface area contributed by atoms with Gasteiger partial charge in [-0.3, -0.25) is 0 Å². The maximum absolute atomic E-state index is 5.78. The van der Waals surface area contributed by atoms with Crippen molar-refractivity contribution in [1.82, 2.24) is 10.2 Å². The molecule has 2 aliphatic carbocycles. The molecule has 0 aliphatic heterocycles. The highest BCUT2D eigenvalue weighted by Crippen LogP contribution is 2.28. The van der Waals surface area contributed by atoms with Gasteiger partial charge in [0, 0.05) is 11.1 Å². The second kappa shape index (κ2) is 4.77. The van der Waals surface area contributed by atoms with Gasteiger partial charge in [0.15, 0.2) is 0 Å². The van der Waals surface area contributed by atoms with Gasteiger partial charge in [-0.15, -0.1) is 10.2 Å². The van der Waals surface area contributed by atoms with Crippen LogP contribution in [0.3, 0.4) is 0 Å². The summed E-state index contributed by atoms with van der Waals surface area (Å²) in [5, 5.41) is 8.31. The maximum atomic E-state index is 5.78. The zero-order valence-electron chi connectivity index (χ0n) is 10.5. The fraction of sp³-hybridized carbons (Fsp3) is 0.333. The van der Waals surface area contributed by atoms with Crippen LogP contribution in [0.1, 0.15) is 44.4 Å². The normalized spacial score (nSPS) is 19.3. The van der Waals surface area contributed by atoms with Crippen LogP contribution < -0.4 is 0 Å². The van der Waals surface area contributed by atoms with Crippen molar-refractivity contribution in [2.75, 3.05) is 0 Å². The SMILES string of the molecule is CC1=CC=C(c2nnc(C3=CC=CCC3)o2)CC1. The third-order valence-electron chi connectivity index (χ3n) is 3.35. The second-order valence-electron chi connectivity index (χ2n) is 4.78. The van der Waals surface area contributed by atoms with E-state index in [1.807, 2.05) is 0 Å². The minimum Gasteiger partial charge on any atom is -0.417 e. The van der Waals surface area contributed by atoms with E-state index >= 15 is 0 Å². The molecule has 0 unspecified atom stereocenters. The Balaban J connectivity index is 1.86. The average Bonchev–Trinajstić information content (AvgIpc) is 2.90. The predicted octanol–water partition coefficient (Wildman–Crippen LogP) is 3.93. The van der Waals surface area contributed by atoms with Crippen LogP contribution in [0.15, 0.2) is 40.4 Å². The van der Waals surface area contributed by atoms with Gasteiger partial charge in [-0.2, -0.15) is 0 Å². The lowest BCUT2D eigenvalue weighted by atomic mass is 10.00. The predicted molar refractivity (Wildman–Crippen MR) is 71.6 cm³/mol. The van der Waals surface area contributed by atoms with Crippen LogP contribution in [0.4, 0.5) is 0 Å². The van der Waals surface area contributed by atoms with Crippen LogP contribution in [0.5, 0.6) is 0 Å². The van der Waals surface area contributed by atoms with Crippen LogP contribution in [-0.2, 0) is 0 Å². The first-order chi connectivity index (χ1) is 8.83. The van der Waals surface area contributed by atoms with Crippen molar-refractivity contribution < 1.29 is 4.42 Å². The molecule has 0 saturated heterocycles. The molecule has 1 aromatic heterocycles. The van der Waals surface area contributed by atoms with Gasteiger partial charge in [0.2, 0.25) is 11.8 Å². The molecule has 2 aliphatic rings. The maximum Gasteiger partial charge on any atom is 0.244 e. The first-order valence-electron chi connectivity index (χ1n) is 6.39. The van der Waals surface area contributed by atoms with E-state index in [1.54, 1.807) is 0 Å². The smallest absolute Gasteiger partial charge is 0.244 e. The minimum atomic E-state index is 0.668. The van der Waals surface area contributed by atoms with Crippen molar-refractivity contribution in [3.63, 3.8) is 0 Å². The molecule has 0 amide bonds. The van der Waals surface area contributed by atoms with Crippen molar-refractivity contribution in [3.05, 3.63) is 47.7 Å². The Morgan fingerprint density at radius 3 is 2.33 bits per heavy atom. The molecule has 18 heavy (non-hydrogen) atoms. The van der Waals surface area contributed by atoms with Crippen LogP contribution >= 0.6 is 0 Å². The third kappa shape index (κ3) is 2.21. The Bertz CT molecular complexity index is 573. The van der Waals surface area contributed by atoms with E-state index in [4.69, 9.17) is 4.42 Å². The van der Waals surface area contributed by atoms with E-state index in [2.05, 4.69) is 47.5 Å². The van der Waals surface area contributed by atoms with Crippen molar-refractivity contribution in [3.8, 4) is 0 Å². The molecule has 0 N–H and O–H groups in total. The molecule has 1 aromatic rings. The number of allylic oxidation sites excluding steroid dienone is 8. The lowest BCUT2D eigenvalue weighted by Crippen LogP contribution is -1.91. The van der Waals surface area contributed by atoms with E-state index in [0.717, 1.165) is 36.8 Å². The highest BCUT2D eigenvalue weighted by Gasteiger charge is 2.15. The van der Waals surface area contributed by atoms with E-state index in [1.165, 1.54) is 5.57 Å². The first-order valence-corrected chi connectivity index (χ1v) is 6.39. The van der Waals surface area contributed by atoms with Crippen molar-refractivity contribution >= 4 is 11.1 Å². The Morgan fingerprint density at radius 2 is 1.72 bits per heavy atom. The van der Waals surface area contributed by atoms with Gasteiger partial charge >= 0.3 is 0 Å². The standard InChI is InChI=1S/C15H16N2O/c1-11-7-9-13(10-8-11)15-17-16-14(18-15)12-5-3-2-4-6-12/h2-3,5,7,9H,4,6,8,10H2,1H3. The molecule has 0 fully saturated rings. The third-order valence-corrected chi connectivity index (χ3v) is 3.35. The van der Waals surface area contributed by atoms with Crippen LogP contribution in [0, 0.1) is 0 Å². The highest BCUT2D eigenvalue weighted by atomic mass is 16.4. The summed E-state index contributed by atoms with van der Waals surface area (Å²) in [6.45, 7) is 2.14. The van der Waals surface area contributed by atoms with Gasteiger partial charge in [-0.05, 0) is 32.6 Å². The van der Waals surface area contributed by atoms with Crippen molar-refractivity contribution in [2.45, 2.75) is 32.6 Å². The molecular weight excluding hydrogens is 224 g/mol. The molecule has 3 nitrogen and oxygen atoms in total. The Kier molecular flexibility index (Phi) is 2.97. The van der Waals surface area contributed by atoms with E-state index in [-0.39, 0.29) is 0 Å². The molecule has 0 spiro atoms. The number of nitrogens with zero attached hydrogens (tertiary/aromatic N) is 2. The van der Waals surface area contributed by atoms with Gasteiger partial charge < -0.3 is 4.42 Å². The van der Waals surface area contributed by atoms with Gasteiger partial charge in [0.25, 0.3) is 0 Å². The van der Waals surface area contributed by atoms with Crippen LogP contribution in [0.2, 0.25) is 0 Å². The molecule has 92 valence electrons. The Hall–Kier alpha value is -1.90. The average molecular weight is 240 g/mol. The summed E-state index contributed by atoms with van der Waals surface area (Å²) < 4.78 is 5.78. The lowest BCUT2D eigenvalue weighted by molar-refractivity contribution is 0.519. The van der Waals surface area contributed by atoms with Crippen LogP contribution in [-0.4, -0.2) is 10.2 Å². The molecule has 0 aromatic carbocycles. The summed E-state index contributed by atoms with van der Waals surface area (Å²) in [5.41, 5.74) is 3.68. The molecule has 0 radical (unpaired) electrons. The van der Waals surface area contributed by atoms with Gasteiger partial charge in [-0.25, -0.2) is 0 Å². The molecule has 3 rings (SSSR count). The van der Waals surface area contributed by atoms with Crippen molar-refractivity contribution in [2.24, 2.45) is 0 Å². The minimum absolute atomic E-state index is 0.668. The summed E-state index contributed by atoms with van der Waals surface area (Å²) in [5.74, 6) is 1.34. The summed E-state index contributed by atoms with van der Waals surface area (Å²) in [4.78, 5) is 0. The van der Waals surface area contributed by atoms with Gasteiger partial charge in [0.1, 0.15) is 0 Å². The Labute approximate surface area is 107 Å². The molecule has 1 heterocycles. The quantitative estimate of drug-likeness (QED) is 0.786. The molecule has 3 heteroatoms. The fourth-order valence-corrected chi connectivity index (χ4v) is 2.18. The molecule has 0 bridgehead atoms. The van der Waals surface area contributed by atoms with Gasteiger partial charge in [-0.1, -0.05) is 36.0 Å². The largest absolute Gasteiger partial charge is 0.417 e. The zero-order valence-corrected chi connectivity index (χ0v) is 10.5. The van der Waals surface area contributed by atoms with E-state index < -0.39 is 0 Å². The molecule has 0 saturated carbocycles. The Morgan fingerprint density at radius 1 is 0.944 bits per heavy atom. The highest BCUT2D eigenvalue weighted by molar-refractivity contribution is 5.65. The molecule has 0 atom stereocenters. The number of aromatic nitrogens is 2. The number of hydrogen-bond acceptors (Lipinski definition) is 3. The van der Waals surface area contributed by atoms with E-state index in [0.29, 0.717) is 11.8 Å². The lowest BCUT2D eigenvalue weighted by Gasteiger charge is -2.08. The summed E-state index contributed by atoms with van der Waals surface area (Å²) in [6, 6.07) is 0. The number of rotatable bonds is 2. The monoisotopic (exact) mass is 240 g/mol. The summed E-state index contributed by atoms with van der Waals surface area (Å²) >= 11 is 0. The molecular formula is C15H16N2O. The summed E-state index contributed by atoms with van der Waals surface area (Å²) in [6.07, 6.45) is 14.6. The van der Waals surface area contributed by atoms with E-state index in [9.17, 15) is 0 Å².